The molecule has 1 amide bonds. The predicted molar refractivity (Wildman–Crippen MR) is 85.2 cm³/mol. The second-order valence-electron chi connectivity index (χ2n) is 5.51. The van der Waals surface area contributed by atoms with Crippen LogP contribution in [0.5, 0.6) is 5.75 Å². The zero-order valence-electron chi connectivity index (χ0n) is 12.4. The molecule has 0 aromatic heterocycles. The number of ether oxygens (including phenoxy) is 1. The van der Waals surface area contributed by atoms with Crippen LogP contribution in [0.3, 0.4) is 0 Å². The fourth-order valence-electron chi connectivity index (χ4n) is 2.18. The molecule has 118 valence electrons. The van der Waals surface area contributed by atoms with E-state index in [9.17, 15) is 14.9 Å². The van der Waals surface area contributed by atoms with Gasteiger partial charge in [-0.1, -0.05) is 18.2 Å². The Bertz CT molecular complexity index is 741. The summed E-state index contributed by atoms with van der Waals surface area (Å²) in [5.41, 5.74) is 1.45. The van der Waals surface area contributed by atoms with Crippen molar-refractivity contribution in [1.82, 2.24) is 0 Å². The lowest BCUT2D eigenvalue weighted by molar-refractivity contribution is -0.384. The number of amides is 1. The van der Waals surface area contributed by atoms with Crippen LogP contribution in [-0.4, -0.2) is 10.8 Å². The van der Waals surface area contributed by atoms with E-state index >= 15 is 0 Å². The van der Waals surface area contributed by atoms with Crippen molar-refractivity contribution in [1.29, 1.82) is 0 Å². The largest absolute Gasteiger partial charge is 0.489 e. The molecule has 23 heavy (non-hydrogen) atoms. The number of rotatable bonds is 6. The van der Waals surface area contributed by atoms with E-state index < -0.39 is 4.92 Å². The van der Waals surface area contributed by atoms with E-state index in [0.717, 1.165) is 12.8 Å². The van der Waals surface area contributed by atoms with Crippen molar-refractivity contribution in [3.8, 4) is 5.75 Å². The maximum absolute atomic E-state index is 11.8. The number of non-ortho nitro benzene ring substituents is 1. The summed E-state index contributed by atoms with van der Waals surface area (Å²) in [6.45, 7) is 0.224. The highest BCUT2D eigenvalue weighted by molar-refractivity contribution is 5.94. The lowest BCUT2D eigenvalue weighted by atomic mass is 10.2. The van der Waals surface area contributed by atoms with Crippen LogP contribution in [0.4, 0.5) is 11.4 Å². The summed E-state index contributed by atoms with van der Waals surface area (Å²) in [6, 6.07) is 13.5. The van der Waals surface area contributed by atoms with Crippen molar-refractivity contribution >= 4 is 17.3 Å². The highest BCUT2D eigenvalue weighted by Gasteiger charge is 2.29. The third kappa shape index (κ3) is 4.06. The molecular weight excluding hydrogens is 296 g/mol. The molecule has 1 fully saturated rings. The zero-order chi connectivity index (χ0) is 16.2. The van der Waals surface area contributed by atoms with Crippen LogP contribution in [0.2, 0.25) is 0 Å². The van der Waals surface area contributed by atoms with Crippen LogP contribution in [-0.2, 0) is 11.4 Å². The Labute approximate surface area is 133 Å². The van der Waals surface area contributed by atoms with Crippen LogP contribution in [0.25, 0.3) is 0 Å². The summed E-state index contributed by atoms with van der Waals surface area (Å²) >= 11 is 0. The van der Waals surface area contributed by atoms with Gasteiger partial charge in [-0.3, -0.25) is 14.9 Å². The van der Waals surface area contributed by atoms with Crippen LogP contribution < -0.4 is 10.1 Å². The van der Waals surface area contributed by atoms with Gasteiger partial charge in [0.25, 0.3) is 5.69 Å². The molecule has 1 aliphatic carbocycles. The molecule has 0 atom stereocenters. The first-order valence-electron chi connectivity index (χ1n) is 7.39. The quantitative estimate of drug-likeness (QED) is 0.653. The number of hydrogen-bond acceptors (Lipinski definition) is 4. The average Bonchev–Trinajstić information content (AvgIpc) is 3.38. The number of nitro benzene ring substituents is 1. The van der Waals surface area contributed by atoms with Crippen molar-refractivity contribution < 1.29 is 14.5 Å². The third-order valence-electron chi connectivity index (χ3n) is 3.58. The molecule has 1 saturated carbocycles. The normalized spacial score (nSPS) is 13.4. The van der Waals surface area contributed by atoms with Gasteiger partial charge in [0.15, 0.2) is 0 Å². The maximum atomic E-state index is 11.8. The Balaban J connectivity index is 1.62. The lowest BCUT2D eigenvalue weighted by Crippen LogP contribution is -2.13. The molecule has 0 bridgehead atoms. The Morgan fingerprint density at radius 2 is 2.00 bits per heavy atom. The first-order chi connectivity index (χ1) is 11.1. The Kier molecular flexibility index (Phi) is 4.23. The summed E-state index contributed by atoms with van der Waals surface area (Å²) in [5.74, 6) is 0.787. The zero-order valence-corrected chi connectivity index (χ0v) is 12.4. The Hall–Kier alpha value is -2.89. The summed E-state index contributed by atoms with van der Waals surface area (Å²) in [7, 11) is 0. The molecule has 0 heterocycles. The van der Waals surface area contributed by atoms with Crippen LogP contribution in [0.1, 0.15) is 18.4 Å². The standard InChI is InChI=1S/C17H16N2O4/c20-17(13-7-8-13)18-14-4-2-6-16(10-14)23-11-12-3-1-5-15(9-12)19(21)22/h1-6,9-10,13H,7-8,11H2,(H,18,20). The van der Waals surface area contributed by atoms with E-state index in [2.05, 4.69) is 5.32 Å². The first-order valence-corrected chi connectivity index (χ1v) is 7.39. The van der Waals surface area contributed by atoms with Gasteiger partial charge in [0, 0.05) is 29.8 Å². The van der Waals surface area contributed by atoms with E-state index in [1.165, 1.54) is 12.1 Å². The minimum atomic E-state index is -0.433. The smallest absolute Gasteiger partial charge is 0.269 e. The average molecular weight is 312 g/mol. The Morgan fingerprint density at radius 1 is 1.22 bits per heavy atom. The van der Waals surface area contributed by atoms with Gasteiger partial charge in [-0.15, -0.1) is 0 Å². The van der Waals surface area contributed by atoms with Crippen molar-refractivity contribution in [2.45, 2.75) is 19.4 Å². The van der Waals surface area contributed by atoms with Gasteiger partial charge in [0.2, 0.25) is 5.91 Å². The topological polar surface area (TPSA) is 81.5 Å². The summed E-state index contributed by atoms with van der Waals surface area (Å²) in [4.78, 5) is 22.1. The molecule has 1 N–H and O–H groups in total. The van der Waals surface area contributed by atoms with Crippen molar-refractivity contribution in [2.24, 2.45) is 5.92 Å². The van der Waals surface area contributed by atoms with Crippen LogP contribution in [0, 0.1) is 16.0 Å². The number of carbonyl (C=O) groups excluding carboxylic acids is 1. The second-order valence-corrected chi connectivity index (χ2v) is 5.51. The number of benzene rings is 2. The van der Waals surface area contributed by atoms with E-state index in [0.29, 0.717) is 17.0 Å². The highest BCUT2D eigenvalue weighted by atomic mass is 16.6. The molecule has 0 radical (unpaired) electrons. The highest BCUT2D eigenvalue weighted by Crippen LogP contribution is 2.30. The van der Waals surface area contributed by atoms with Gasteiger partial charge < -0.3 is 10.1 Å². The van der Waals surface area contributed by atoms with E-state index in [4.69, 9.17) is 4.74 Å². The molecule has 0 spiro atoms. The van der Waals surface area contributed by atoms with Crippen LogP contribution in [0.15, 0.2) is 48.5 Å². The number of nitro groups is 1. The van der Waals surface area contributed by atoms with Gasteiger partial charge >= 0.3 is 0 Å². The minimum absolute atomic E-state index is 0.0385. The third-order valence-corrected chi connectivity index (χ3v) is 3.58. The first kappa shape index (κ1) is 15.0. The van der Waals surface area contributed by atoms with E-state index in [1.807, 2.05) is 0 Å². The molecule has 1 aliphatic rings. The van der Waals surface area contributed by atoms with Crippen molar-refractivity contribution in [3.63, 3.8) is 0 Å². The maximum Gasteiger partial charge on any atom is 0.269 e. The summed E-state index contributed by atoms with van der Waals surface area (Å²) < 4.78 is 5.65. The Morgan fingerprint density at radius 3 is 2.74 bits per heavy atom. The number of hydrogen-bond donors (Lipinski definition) is 1. The second kappa shape index (κ2) is 6.48. The molecule has 3 rings (SSSR count). The van der Waals surface area contributed by atoms with E-state index in [1.54, 1.807) is 36.4 Å². The predicted octanol–water partition coefficient (Wildman–Crippen LogP) is 3.52. The fourth-order valence-corrected chi connectivity index (χ4v) is 2.18. The molecule has 0 aliphatic heterocycles. The van der Waals surface area contributed by atoms with Gasteiger partial charge in [0.05, 0.1) is 4.92 Å². The SMILES string of the molecule is O=C(Nc1cccc(OCc2cccc([N+](=O)[O-])c2)c1)C1CC1. The lowest BCUT2D eigenvalue weighted by Gasteiger charge is -2.09. The summed E-state index contributed by atoms with van der Waals surface area (Å²) in [6.07, 6.45) is 1.91. The molecular formula is C17H16N2O4. The molecule has 6 heteroatoms. The van der Waals surface area contributed by atoms with Gasteiger partial charge in [0.1, 0.15) is 12.4 Å². The molecule has 6 nitrogen and oxygen atoms in total. The van der Waals surface area contributed by atoms with Gasteiger partial charge in [-0.25, -0.2) is 0 Å². The van der Waals surface area contributed by atoms with Gasteiger partial charge in [-0.05, 0) is 30.5 Å². The molecule has 0 unspecified atom stereocenters. The number of nitrogens with zero attached hydrogens (tertiary/aromatic N) is 1. The fraction of sp³-hybridized carbons (Fsp3) is 0.235. The number of carbonyl (C=O) groups is 1. The molecule has 0 saturated heterocycles. The van der Waals surface area contributed by atoms with Gasteiger partial charge in [-0.2, -0.15) is 0 Å². The minimum Gasteiger partial charge on any atom is -0.489 e. The van der Waals surface area contributed by atoms with Crippen molar-refractivity contribution in [2.75, 3.05) is 5.32 Å². The molecule has 2 aromatic carbocycles. The van der Waals surface area contributed by atoms with E-state index in [-0.39, 0.29) is 24.1 Å². The number of nitrogens with one attached hydrogen (secondary N) is 1. The molecule has 2 aromatic rings. The summed E-state index contributed by atoms with van der Waals surface area (Å²) in [5, 5.41) is 13.6. The monoisotopic (exact) mass is 312 g/mol. The van der Waals surface area contributed by atoms with Crippen molar-refractivity contribution in [3.05, 3.63) is 64.2 Å². The number of anilines is 1. The van der Waals surface area contributed by atoms with Crippen LogP contribution >= 0.6 is 0 Å².